The molecule has 1 aliphatic heterocycles. The van der Waals surface area contributed by atoms with Crippen LogP contribution < -0.4 is 0 Å². The van der Waals surface area contributed by atoms with E-state index in [9.17, 15) is 9.59 Å². The van der Waals surface area contributed by atoms with Crippen LogP contribution in [0.4, 0.5) is 0 Å². The van der Waals surface area contributed by atoms with E-state index in [0.29, 0.717) is 23.6 Å². The molecule has 7 heteroatoms. The summed E-state index contributed by atoms with van der Waals surface area (Å²) in [4.78, 5) is 31.0. The molecule has 0 aliphatic carbocycles. The van der Waals surface area contributed by atoms with Gasteiger partial charge in [-0.15, -0.1) is 11.3 Å². The molecule has 1 fully saturated rings. The molecule has 5 nitrogen and oxygen atoms in total. The highest BCUT2D eigenvalue weighted by Gasteiger charge is 2.31. The van der Waals surface area contributed by atoms with Gasteiger partial charge in [0.1, 0.15) is 4.88 Å². The number of hydrogen-bond acceptors (Lipinski definition) is 5. The first kappa shape index (κ1) is 17.9. The molecule has 1 unspecified atom stereocenters. The van der Waals surface area contributed by atoms with Crippen LogP contribution in [0, 0.1) is 6.92 Å². The standard InChI is InChI=1S/C18H20N2O3S2/c1-12-17(25-15(19-12)9-13-5-3-2-4-6-13)18(23)20-7-8-24-11-14(20)10-16(21)22/h2-6,14H,7-11H2,1H3,(H,21,22). The van der Waals surface area contributed by atoms with Gasteiger partial charge in [-0.25, -0.2) is 4.98 Å². The van der Waals surface area contributed by atoms with E-state index in [1.807, 2.05) is 37.3 Å². The first-order chi connectivity index (χ1) is 12.0. The number of carboxylic acids is 1. The highest BCUT2D eigenvalue weighted by Crippen LogP contribution is 2.26. The lowest BCUT2D eigenvalue weighted by Gasteiger charge is -2.34. The van der Waals surface area contributed by atoms with Gasteiger partial charge in [0.25, 0.3) is 5.91 Å². The molecule has 1 aliphatic rings. The van der Waals surface area contributed by atoms with E-state index in [1.54, 1.807) is 16.7 Å². The molecular weight excluding hydrogens is 356 g/mol. The zero-order valence-electron chi connectivity index (χ0n) is 14.0. The third-order valence-electron chi connectivity index (χ3n) is 4.13. The monoisotopic (exact) mass is 376 g/mol. The normalized spacial score (nSPS) is 17.5. The van der Waals surface area contributed by atoms with Crippen molar-refractivity contribution in [2.45, 2.75) is 25.8 Å². The highest BCUT2D eigenvalue weighted by atomic mass is 32.2. The molecule has 3 rings (SSSR count). The van der Waals surface area contributed by atoms with Crippen molar-refractivity contribution in [2.24, 2.45) is 0 Å². The van der Waals surface area contributed by atoms with E-state index >= 15 is 0 Å². The summed E-state index contributed by atoms with van der Waals surface area (Å²) in [6, 6.07) is 9.80. The van der Waals surface area contributed by atoms with Crippen LogP contribution in [-0.4, -0.2) is 51.0 Å². The highest BCUT2D eigenvalue weighted by molar-refractivity contribution is 7.99. The molecule has 1 amide bonds. The number of nitrogens with zero attached hydrogens (tertiary/aromatic N) is 2. The Kier molecular flexibility index (Phi) is 5.75. The smallest absolute Gasteiger partial charge is 0.305 e. The van der Waals surface area contributed by atoms with Crippen LogP contribution in [0.25, 0.3) is 0 Å². The van der Waals surface area contributed by atoms with Crippen molar-refractivity contribution < 1.29 is 14.7 Å². The van der Waals surface area contributed by atoms with Crippen LogP contribution in [-0.2, 0) is 11.2 Å². The van der Waals surface area contributed by atoms with Crippen molar-refractivity contribution in [3.8, 4) is 0 Å². The third-order valence-corrected chi connectivity index (χ3v) is 6.37. The fraction of sp³-hybridized carbons (Fsp3) is 0.389. The maximum Gasteiger partial charge on any atom is 0.305 e. The maximum atomic E-state index is 13.0. The molecule has 1 aromatic heterocycles. The van der Waals surface area contributed by atoms with E-state index in [4.69, 9.17) is 5.11 Å². The number of hydrogen-bond donors (Lipinski definition) is 1. The minimum absolute atomic E-state index is 0.00648. The minimum Gasteiger partial charge on any atom is -0.481 e. The molecule has 1 atom stereocenters. The van der Waals surface area contributed by atoms with Gasteiger partial charge < -0.3 is 10.0 Å². The van der Waals surface area contributed by atoms with E-state index in [1.165, 1.54) is 11.3 Å². The molecule has 1 N–H and O–H groups in total. The SMILES string of the molecule is Cc1nc(Cc2ccccc2)sc1C(=O)N1CCSCC1CC(=O)O. The molecular formula is C18H20N2O3S2. The summed E-state index contributed by atoms with van der Waals surface area (Å²) < 4.78 is 0. The zero-order chi connectivity index (χ0) is 17.8. The summed E-state index contributed by atoms with van der Waals surface area (Å²) in [6.07, 6.45) is 0.696. The molecule has 2 aromatic rings. The molecule has 1 saturated heterocycles. The lowest BCUT2D eigenvalue weighted by Crippen LogP contribution is -2.47. The maximum absolute atomic E-state index is 13.0. The van der Waals surface area contributed by atoms with Crippen LogP contribution in [0.15, 0.2) is 30.3 Å². The first-order valence-electron chi connectivity index (χ1n) is 8.15. The number of aryl methyl sites for hydroxylation is 1. The Labute approximate surface area is 155 Å². The van der Waals surface area contributed by atoms with Gasteiger partial charge in [-0.2, -0.15) is 11.8 Å². The van der Waals surface area contributed by atoms with Gasteiger partial charge in [-0.3, -0.25) is 9.59 Å². The Morgan fingerprint density at radius 2 is 2.08 bits per heavy atom. The van der Waals surface area contributed by atoms with Gasteiger partial charge in [-0.1, -0.05) is 30.3 Å². The summed E-state index contributed by atoms with van der Waals surface area (Å²) in [6.45, 7) is 2.44. The van der Waals surface area contributed by atoms with Gasteiger partial charge in [0.15, 0.2) is 0 Å². The molecule has 0 radical (unpaired) electrons. The number of aromatic nitrogens is 1. The number of benzene rings is 1. The predicted octanol–water partition coefficient (Wildman–Crippen LogP) is 3.07. The average Bonchev–Trinajstić information content (AvgIpc) is 2.95. The van der Waals surface area contributed by atoms with Crippen molar-refractivity contribution in [1.82, 2.24) is 9.88 Å². The third kappa shape index (κ3) is 4.41. The molecule has 0 spiro atoms. The zero-order valence-corrected chi connectivity index (χ0v) is 15.6. The largest absolute Gasteiger partial charge is 0.481 e. The van der Waals surface area contributed by atoms with Crippen molar-refractivity contribution in [2.75, 3.05) is 18.1 Å². The van der Waals surface area contributed by atoms with E-state index < -0.39 is 5.97 Å². The van der Waals surface area contributed by atoms with E-state index in [-0.39, 0.29) is 18.4 Å². The molecule has 1 aromatic carbocycles. The number of carboxylic acid groups (broad SMARTS) is 1. The summed E-state index contributed by atoms with van der Waals surface area (Å²) in [5.41, 5.74) is 1.89. The second-order valence-corrected chi connectivity index (χ2v) is 8.24. The van der Waals surface area contributed by atoms with Gasteiger partial charge in [0, 0.05) is 24.5 Å². The van der Waals surface area contributed by atoms with Gasteiger partial charge in [0.05, 0.1) is 23.2 Å². The summed E-state index contributed by atoms with van der Waals surface area (Å²) >= 11 is 3.12. The van der Waals surface area contributed by atoms with Crippen LogP contribution in [0.5, 0.6) is 0 Å². The molecule has 0 saturated carbocycles. The van der Waals surface area contributed by atoms with Gasteiger partial charge in [-0.05, 0) is 12.5 Å². The van der Waals surface area contributed by atoms with Gasteiger partial charge >= 0.3 is 5.97 Å². The lowest BCUT2D eigenvalue weighted by atomic mass is 10.1. The van der Waals surface area contributed by atoms with Crippen LogP contribution in [0.1, 0.15) is 32.4 Å². The summed E-state index contributed by atoms with van der Waals surface area (Å²) in [5.74, 6) is 0.570. The Balaban J connectivity index is 1.78. The Morgan fingerprint density at radius 1 is 1.32 bits per heavy atom. The Bertz CT molecular complexity index is 761. The second-order valence-electron chi connectivity index (χ2n) is 6.01. The number of carbonyl (C=O) groups is 2. The number of thiazole rings is 1. The number of rotatable bonds is 5. The lowest BCUT2D eigenvalue weighted by molar-refractivity contribution is -0.138. The fourth-order valence-electron chi connectivity index (χ4n) is 2.92. The topological polar surface area (TPSA) is 70.5 Å². The molecule has 0 bridgehead atoms. The second kappa shape index (κ2) is 8.01. The summed E-state index contributed by atoms with van der Waals surface area (Å²) in [7, 11) is 0. The number of aliphatic carboxylic acids is 1. The van der Waals surface area contributed by atoms with E-state index in [2.05, 4.69) is 4.98 Å². The molecule has 2 heterocycles. The Morgan fingerprint density at radius 3 is 2.80 bits per heavy atom. The van der Waals surface area contributed by atoms with Crippen LogP contribution >= 0.6 is 23.1 Å². The van der Waals surface area contributed by atoms with Crippen LogP contribution in [0.3, 0.4) is 0 Å². The van der Waals surface area contributed by atoms with Crippen molar-refractivity contribution >= 4 is 35.0 Å². The quantitative estimate of drug-likeness (QED) is 0.868. The van der Waals surface area contributed by atoms with Gasteiger partial charge in [0.2, 0.25) is 0 Å². The fourth-order valence-corrected chi connectivity index (χ4v) is 5.04. The average molecular weight is 377 g/mol. The van der Waals surface area contributed by atoms with Crippen molar-refractivity contribution in [1.29, 1.82) is 0 Å². The number of amides is 1. The summed E-state index contributed by atoms with van der Waals surface area (Å²) in [5, 5.41) is 10.0. The molecule has 25 heavy (non-hydrogen) atoms. The minimum atomic E-state index is -0.865. The van der Waals surface area contributed by atoms with E-state index in [0.717, 1.165) is 22.0 Å². The first-order valence-corrected chi connectivity index (χ1v) is 10.1. The Hall–Kier alpha value is -1.86. The number of carbonyl (C=O) groups excluding carboxylic acids is 1. The predicted molar refractivity (Wildman–Crippen MR) is 101 cm³/mol. The number of thioether (sulfide) groups is 1. The van der Waals surface area contributed by atoms with Crippen LogP contribution in [0.2, 0.25) is 0 Å². The van der Waals surface area contributed by atoms with Crippen molar-refractivity contribution in [3.05, 3.63) is 51.5 Å². The van der Waals surface area contributed by atoms with Crippen molar-refractivity contribution in [3.63, 3.8) is 0 Å². The molecule has 132 valence electrons.